The van der Waals surface area contributed by atoms with Gasteiger partial charge in [0.1, 0.15) is 6.61 Å². The molecule has 5 nitrogen and oxygen atoms in total. The molecule has 0 unspecified atom stereocenters. The number of Topliss-reactive ketones (excluding diaryl/α,β-unsaturated/α-hetero) is 1. The zero-order chi connectivity index (χ0) is 13.0. The maximum Gasteiger partial charge on any atom is 0.307 e. The number of hydrogen-bond donors (Lipinski definition) is 0. The Morgan fingerprint density at radius 1 is 1.41 bits per heavy atom. The summed E-state index contributed by atoms with van der Waals surface area (Å²) >= 11 is 0. The molecule has 0 atom stereocenters. The number of benzene rings is 1. The summed E-state index contributed by atoms with van der Waals surface area (Å²) in [5.74, 6) is -3.10. The first-order valence-corrected chi connectivity index (χ1v) is 4.73. The number of nitrogens with zero attached hydrogens (tertiary/aromatic N) is 1. The highest BCUT2D eigenvalue weighted by Crippen LogP contribution is 2.26. The van der Waals surface area contributed by atoms with E-state index >= 15 is 0 Å². The van der Waals surface area contributed by atoms with Crippen LogP contribution in [0.1, 0.15) is 13.3 Å². The van der Waals surface area contributed by atoms with Crippen LogP contribution in [-0.4, -0.2) is 17.3 Å². The minimum Gasteiger partial charge on any atom is -0.483 e. The van der Waals surface area contributed by atoms with Gasteiger partial charge >= 0.3 is 5.69 Å². The number of rotatable bonds is 5. The number of hydrogen-bond acceptors (Lipinski definition) is 4. The second-order valence-corrected chi connectivity index (χ2v) is 3.17. The lowest BCUT2D eigenvalue weighted by Gasteiger charge is -2.05. The Balaban J connectivity index is 2.92. The van der Waals surface area contributed by atoms with Crippen molar-refractivity contribution in [2.24, 2.45) is 0 Å². The Kier molecular flexibility index (Phi) is 4.08. The maximum atomic E-state index is 13.2. The molecule has 0 aliphatic rings. The van der Waals surface area contributed by atoms with Gasteiger partial charge in [-0.1, -0.05) is 6.92 Å². The van der Waals surface area contributed by atoms with Crippen LogP contribution in [0.15, 0.2) is 12.1 Å². The molecular formula is C10H9F2NO4. The molecule has 1 rings (SSSR count). The molecule has 0 aromatic heterocycles. The normalized spacial score (nSPS) is 10.1. The van der Waals surface area contributed by atoms with Crippen molar-refractivity contribution in [3.8, 4) is 5.75 Å². The predicted molar refractivity (Wildman–Crippen MR) is 53.8 cm³/mol. The van der Waals surface area contributed by atoms with E-state index in [1.54, 1.807) is 6.92 Å². The van der Waals surface area contributed by atoms with Gasteiger partial charge in [0, 0.05) is 12.5 Å². The molecule has 0 aliphatic carbocycles. The first-order valence-electron chi connectivity index (χ1n) is 4.73. The van der Waals surface area contributed by atoms with Crippen molar-refractivity contribution in [1.29, 1.82) is 0 Å². The van der Waals surface area contributed by atoms with Gasteiger partial charge in [-0.15, -0.1) is 0 Å². The molecule has 7 heteroatoms. The Hall–Kier alpha value is -2.05. The number of halogens is 2. The molecule has 17 heavy (non-hydrogen) atoms. The summed E-state index contributed by atoms with van der Waals surface area (Å²) in [5, 5.41) is 10.3. The lowest BCUT2D eigenvalue weighted by Crippen LogP contribution is -2.10. The minimum absolute atomic E-state index is 0.205. The lowest BCUT2D eigenvalue weighted by atomic mass is 10.2. The molecule has 0 heterocycles. The van der Waals surface area contributed by atoms with E-state index in [0.29, 0.717) is 12.1 Å². The van der Waals surface area contributed by atoms with E-state index < -0.39 is 34.6 Å². The second-order valence-electron chi connectivity index (χ2n) is 3.17. The van der Waals surface area contributed by atoms with Gasteiger partial charge < -0.3 is 4.74 Å². The third-order valence-electron chi connectivity index (χ3n) is 1.98. The van der Waals surface area contributed by atoms with Crippen LogP contribution >= 0.6 is 0 Å². The average Bonchev–Trinajstić information content (AvgIpc) is 2.28. The number of nitro benzene ring substituents is 1. The van der Waals surface area contributed by atoms with Crippen molar-refractivity contribution in [3.05, 3.63) is 33.9 Å². The first kappa shape index (κ1) is 13.0. The highest BCUT2D eigenvalue weighted by Gasteiger charge is 2.19. The smallest absolute Gasteiger partial charge is 0.307 e. The molecule has 0 fully saturated rings. The minimum atomic E-state index is -1.21. The standard InChI is InChI=1S/C10H9F2NO4/c1-2-6(14)5-17-10-4-7(11)9(13(15)16)3-8(10)12/h3-4H,2,5H2,1H3. The summed E-state index contributed by atoms with van der Waals surface area (Å²) in [6, 6.07) is 0.970. The Bertz CT molecular complexity index is 462. The zero-order valence-electron chi connectivity index (χ0n) is 8.91. The van der Waals surface area contributed by atoms with Crippen LogP contribution in [0, 0.1) is 21.7 Å². The van der Waals surface area contributed by atoms with E-state index in [2.05, 4.69) is 0 Å². The largest absolute Gasteiger partial charge is 0.483 e. The fourth-order valence-electron chi connectivity index (χ4n) is 1.03. The quantitative estimate of drug-likeness (QED) is 0.589. The molecule has 0 N–H and O–H groups in total. The van der Waals surface area contributed by atoms with Crippen LogP contribution in [0.2, 0.25) is 0 Å². The van der Waals surface area contributed by atoms with Gasteiger partial charge in [0.25, 0.3) is 0 Å². The monoisotopic (exact) mass is 245 g/mol. The van der Waals surface area contributed by atoms with Gasteiger partial charge in [-0.05, 0) is 0 Å². The lowest BCUT2D eigenvalue weighted by molar-refractivity contribution is -0.387. The van der Waals surface area contributed by atoms with E-state index in [1.807, 2.05) is 0 Å². The van der Waals surface area contributed by atoms with E-state index in [9.17, 15) is 23.7 Å². The van der Waals surface area contributed by atoms with Gasteiger partial charge in [0.05, 0.1) is 11.0 Å². The topological polar surface area (TPSA) is 69.4 Å². The van der Waals surface area contributed by atoms with E-state index in [-0.39, 0.29) is 12.2 Å². The summed E-state index contributed by atoms with van der Waals surface area (Å²) in [7, 11) is 0. The Morgan fingerprint density at radius 3 is 2.59 bits per heavy atom. The molecule has 0 radical (unpaired) electrons. The van der Waals surface area contributed by atoms with Crippen LogP contribution in [0.3, 0.4) is 0 Å². The van der Waals surface area contributed by atoms with Gasteiger partial charge in [0.2, 0.25) is 5.82 Å². The molecule has 1 aromatic carbocycles. The number of carbonyl (C=O) groups is 1. The summed E-state index contributed by atoms with van der Waals surface area (Å²) in [6.45, 7) is 1.20. The first-order chi connectivity index (χ1) is 7.95. The second kappa shape index (κ2) is 5.33. The molecule has 1 aromatic rings. The molecule has 0 aliphatic heterocycles. The van der Waals surface area contributed by atoms with E-state index in [4.69, 9.17) is 4.74 Å². The number of nitro groups is 1. The highest BCUT2D eigenvalue weighted by molar-refractivity contribution is 5.79. The molecule has 92 valence electrons. The molecule has 0 spiro atoms. The van der Waals surface area contributed by atoms with Crippen LogP contribution in [0.25, 0.3) is 0 Å². The summed E-state index contributed by atoms with van der Waals surface area (Å²) in [4.78, 5) is 20.2. The number of ketones is 1. The third kappa shape index (κ3) is 3.20. The van der Waals surface area contributed by atoms with Crippen LogP contribution in [-0.2, 0) is 4.79 Å². The average molecular weight is 245 g/mol. The third-order valence-corrected chi connectivity index (χ3v) is 1.98. The Morgan fingerprint density at radius 2 is 2.06 bits per heavy atom. The van der Waals surface area contributed by atoms with Gasteiger partial charge in [-0.3, -0.25) is 14.9 Å². The van der Waals surface area contributed by atoms with Crippen LogP contribution in [0.4, 0.5) is 14.5 Å². The molecule has 0 bridgehead atoms. The van der Waals surface area contributed by atoms with E-state index in [0.717, 1.165) is 0 Å². The fourth-order valence-corrected chi connectivity index (χ4v) is 1.03. The number of carbonyl (C=O) groups excluding carboxylic acids is 1. The van der Waals surface area contributed by atoms with Crippen LogP contribution < -0.4 is 4.74 Å². The summed E-state index contributed by atoms with van der Waals surface area (Å²) in [6.07, 6.45) is 0.205. The molecule has 0 saturated carbocycles. The van der Waals surface area contributed by atoms with Gasteiger partial charge in [-0.2, -0.15) is 4.39 Å². The molecule has 0 saturated heterocycles. The van der Waals surface area contributed by atoms with Crippen molar-refractivity contribution < 1.29 is 23.2 Å². The van der Waals surface area contributed by atoms with E-state index in [1.165, 1.54) is 0 Å². The van der Waals surface area contributed by atoms with Crippen LogP contribution in [0.5, 0.6) is 5.75 Å². The van der Waals surface area contributed by atoms with Crippen molar-refractivity contribution in [2.75, 3.05) is 6.61 Å². The SMILES string of the molecule is CCC(=O)COc1cc(F)c([N+](=O)[O-])cc1F. The van der Waals surface area contributed by atoms with Crippen molar-refractivity contribution in [3.63, 3.8) is 0 Å². The van der Waals surface area contributed by atoms with Gasteiger partial charge in [0.15, 0.2) is 17.3 Å². The Labute approximate surface area is 95.2 Å². The predicted octanol–water partition coefficient (Wildman–Crippen LogP) is 2.23. The maximum absolute atomic E-state index is 13.2. The van der Waals surface area contributed by atoms with Gasteiger partial charge in [-0.25, -0.2) is 4.39 Å². The number of ether oxygens (including phenoxy) is 1. The summed E-state index contributed by atoms with van der Waals surface area (Å²) in [5.41, 5.74) is -0.975. The summed E-state index contributed by atoms with van der Waals surface area (Å²) < 4.78 is 31.1. The van der Waals surface area contributed by atoms with Crippen molar-refractivity contribution in [1.82, 2.24) is 0 Å². The molecule has 0 amide bonds. The zero-order valence-corrected chi connectivity index (χ0v) is 8.91. The fraction of sp³-hybridized carbons (Fsp3) is 0.300. The molecular weight excluding hydrogens is 236 g/mol. The van der Waals surface area contributed by atoms with Crippen molar-refractivity contribution >= 4 is 11.5 Å². The van der Waals surface area contributed by atoms with Crippen molar-refractivity contribution in [2.45, 2.75) is 13.3 Å². The highest BCUT2D eigenvalue weighted by atomic mass is 19.1.